The zero-order valence-electron chi connectivity index (χ0n) is 5.13. The van der Waals surface area contributed by atoms with E-state index in [1.807, 2.05) is 0 Å². The van der Waals surface area contributed by atoms with Crippen molar-refractivity contribution < 1.29 is 15.1 Å². The lowest BCUT2D eigenvalue weighted by Gasteiger charge is -1.89. The average molecular weight is 173 g/mol. The molecule has 0 aromatic carbocycles. The number of carboxylic acid groups (broad SMARTS) is 1. The summed E-state index contributed by atoms with van der Waals surface area (Å²) < 4.78 is 3.41. The molecule has 1 rings (SSSR count). The monoisotopic (exact) mass is 173 g/mol. The Hall–Kier alpha value is -1.50. The molecule has 0 bridgehead atoms. The molecule has 0 saturated heterocycles. The molecule has 0 spiro atoms. The first-order chi connectivity index (χ1) is 5.25. The van der Waals surface area contributed by atoms with Crippen LogP contribution in [0, 0.1) is 0 Å². The van der Waals surface area contributed by atoms with Crippen LogP contribution < -0.4 is 0 Å². The predicted octanol–water partition coefficient (Wildman–Crippen LogP) is -0.199. The average Bonchev–Trinajstić information content (AvgIpc) is 2.40. The van der Waals surface area contributed by atoms with Gasteiger partial charge in [0.2, 0.25) is 5.71 Å². The van der Waals surface area contributed by atoms with E-state index in [0.29, 0.717) is 0 Å². The summed E-state index contributed by atoms with van der Waals surface area (Å²) in [4.78, 5) is 10.3. The Labute approximate surface area is 64.9 Å². The van der Waals surface area contributed by atoms with Gasteiger partial charge in [-0.05, 0) is 11.5 Å². The molecule has 58 valence electrons. The van der Waals surface area contributed by atoms with Crippen LogP contribution in [0.15, 0.2) is 10.5 Å². The summed E-state index contributed by atoms with van der Waals surface area (Å²) in [6, 6.07) is 0. The Balaban J connectivity index is 2.99. The Morgan fingerprint density at radius 1 is 1.73 bits per heavy atom. The molecule has 0 unspecified atom stereocenters. The van der Waals surface area contributed by atoms with Crippen molar-refractivity contribution in [3.05, 3.63) is 11.1 Å². The molecule has 6 nitrogen and oxygen atoms in total. The third kappa shape index (κ3) is 1.49. The van der Waals surface area contributed by atoms with Gasteiger partial charge in [-0.1, -0.05) is 9.64 Å². The first kappa shape index (κ1) is 7.61. The van der Waals surface area contributed by atoms with E-state index in [2.05, 4.69) is 14.7 Å². The van der Waals surface area contributed by atoms with Gasteiger partial charge in [-0.25, -0.2) is 4.79 Å². The first-order valence-electron chi connectivity index (χ1n) is 2.48. The zero-order valence-corrected chi connectivity index (χ0v) is 5.95. The third-order valence-corrected chi connectivity index (χ3v) is 1.41. The standard InChI is InChI=1S/C4H3N3O3S/c8-4(9)3(6-10)2-1-11-7-5-2/h1,10H,(H,8,9)/b6-3-. The Morgan fingerprint density at radius 2 is 2.45 bits per heavy atom. The molecule has 0 aliphatic carbocycles. The molecule has 7 heteroatoms. The highest BCUT2D eigenvalue weighted by molar-refractivity contribution is 7.03. The van der Waals surface area contributed by atoms with Gasteiger partial charge in [0.25, 0.3) is 0 Å². The number of aromatic nitrogens is 2. The van der Waals surface area contributed by atoms with Crippen LogP contribution in [0.2, 0.25) is 0 Å². The molecular weight excluding hydrogens is 170 g/mol. The molecule has 0 saturated carbocycles. The summed E-state index contributed by atoms with van der Waals surface area (Å²) >= 11 is 0.984. The van der Waals surface area contributed by atoms with E-state index >= 15 is 0 Å². The summed E-state index contributed by atoms with van der Waals surface area (Å²) in [6.45, 7) is 0. The van der Waals surface area contributed by atoms with Crippen molar-refractivity contribution in [3.8, 4) is 0 Å². The lowest BCUT2D eigenvalue weighted by atomic mass is 10.3. The van der Waals surface area contributed by atoms with Crippen LogP contribution in [0.1, 0.15) is 5.69 Å². The SMILES string of the molecule is O=C(O)/C(=N\O)c1csnn1. The molecule has 2 N–H and O–H groups in total. The van der Waals surface area contributed by atoms with Crippen LogP contribution >= 0.6 is 11.5 Å². The second-order valence-corrected chi connectivity index (χ2v) is 2.15. The number of carboxylic acids is 1. The number of carbonyl (C=O) groups is 1. The van der Waals surface area contributed by atoms with Gasteiger partial charge >= 0.3 is 5.97 Å². The second kappa shape index (κ2) is 3.06. The van der Waals surface area contributed by atoms with E-state index in [0.717, 1.165) is 11.5 Å². The molecule has 0 amide bonds. The highest BCUT2D eigenvalue weighted by Gasteiger charge is 2.15. The lowest BCUT2D eigenvalue weighted by Crippen LogP contribution is -2.14. The Kier molecular flexibility index (Phi) is 2.12. The highest BCUT2D eigenvalue weighted by Crippen LogP contribution is 1.99. The number of aliphatic carboxylic acids is 1. The van der Waals surface area contributed by atoms with Gasteiger partial charge in [-0.3, -0.25) is 0 Å². The maximum Gasteiger partial charge on any atom is 0.360 e. The van der Waals surface area contributed by atoms with E-state index in [-0.39, 0.29) is 5.69 Å². The molecule has 11 heavy (non-hydrogen) atoms. The number of rotatable bonds is 2. The lowest BCUT2D eigenvalue weighted by molar-refractivity contribution is -0.129. The van der Waals surface area contributed by atoms with Crippen molar-refractivity contribution in [1.29, 1.82) is 0 Å². The topological polar surface area (TPSA) is 95.7 Å². The van der Waals surface area contributed by atoms with Gasteiger partial charge in [-0.15, -0.1) is 5.10 Å². The van der Waals surface area contributed by atoms with Crippen molar-refractivity contribution >= 4 is 23.2 Å². The number of nitrogens with zero attached hydrogens (tertiary/aromatic N) is 3. The molecule has 1 aromatic rings. The van der Waals surface area contributed by atoms with Crippen molar-refractivity contribution in [2.45, 2.75) is 0 Å². The largest absolute Gasteiger partial charge is 0.476 e. The predicted molar refractivity (Wildman–Crippen MR) is 35.9 cm³/mol. The summed E-state index contributed by atoms with van der Waals surface area (Å²) in [5, 5.41) is 23.9. The number of hydrogen-bond donors (Lipinski definition) is 2. The minimum absolute atomic E-state index is 0.0602. The van der Waals surface area contributed by atoms with Gasteiger partial charge in [0, 0.05) is 5.38 Å². The molecule has 1 aromatic heterocycles. The van der Waals surface area contributed by atoms with E-state index in [1.165, 1.54) is 5.38 Å². The van der Waals surface area contributed by atoms with Crippen LogP contribution in [0.25, 0.3) is 0 Å². The van der Waals surface area contributed by atoms with Crippen LogP contribution in [-0.2, 0) is 4.79 Å². The fourth-order valence-electron chi connectivity index (χ4n) is 0.471. The molecule has 0 aliphatic heterocycles. The highest BCUT2D eigenvalue weighted by atomic mass is 32.1. The van der Waals surface area contributed by atoms with E-state index in [9.17, 15) is 4.79 Å². The normalized spacial score (nSPS) is 11.5. The number of hydrogen-bond acceptors (Lipinski definition) is 6. The van der Waals surface area contributed by atoms with Crippen molar-refractivity contribution in [1.82, 2.24) is 9.59 Å². The van der Waals surface area contributed by atoms with Crippen LogP contribution in [0.5, 0.6) is 0 Å². The molecule has 0 atom stereocenters. The minimum atomic E-state index is -1.33. The fraction of sp³-hybridized carbons (Fsp3) is 0. The summed E-state index contributed by atoms with van der Waals surface area (Å²) in [5.41, 5.74) is -0.441. The van der Waals surface area contributed by atoms with Gasteiger partial charge in [0.1, 0.15) is 5.69 Å². The van der Waals surface area contributed by atoms with Crippen molar-refractivity contribution in [2.75, 3.05) is 0 Å². The van der Waals surface area contributed by atoms with Gasteiger partial charge in [0.15, 0.2) is 0 Å². The van der Waals surface area contributed by atoms with E-state index < -0.39 is 11.7 Å². The van der Waals surface area contributed by atoms with E-state index in [4.69, 9.17) is 10.3 Å². The maximum atomic E-state index is 10.3. The molecule has 0 radical (unpaired) electrons. The minimum Gasteiger partial charge on any atom is -0.476 e. The van der Waals surface area contributed by atoms with Gasteiger partial charge in [-0.2, -0.15) is 0 Å². The van der Waals surface area contributed by atoms with Crippen molar-refractivity contribution in [2.24, 2.45) is 5.16 Å². The summed E-state index contributed by atoms with van der Waals surface area (Å²) in [6.07, 6.45) is 0. The second-order valence-electron chi connectivity index (χ2n) is 1.54. The molecular formula is C4H3N3O3S. The zero-order chi connectivity index (χ0) is 8.27. The summed E-state index contributed by atoms with van der Waals surface area (Å²) in [5.74, 6) is -1.33. The first-order valence-corrected chi connectivity index (χ1v) is 3.32. The van der Waals surface area contributed by atoms with Gasteiger partial charge < -0.3 is 10.3 Å². The Bertz CT molecular complexity index is 281. The van der Waals surface area contributed by atoms with Crippen LogP contribution in [-0.4, -0.2) is 31.6 Å². The number of oxime groups is 1. The molecule has 0 aliphatic rings. The fourth-order valence-corrected chi connectivity index (χ4v) is 0.912. The quantitative estimate of drug-likeness (QED) is 0.367. The molecule has 1 heterocycles. The summed E-state index contributed by atoms with van der Waals surface area (Å²) in [7, 11) is 0. The van der Waals surface area contributed by atoms with Crippen LogP contribution in [0.3, 0.4) is 0 Å². The van der Waals surface area contributed by atoms with E-state index in [1.54, 1.807) is 0 Å². The molecule has 0 fully saturated rings. The third-order valence-electron chi connectivity index (χ3n) is 0.905. The van der Waals surface area contributed by atoms with Gasteiger partial charge in [0.05, 0.1) is 0 Å². The Morgan fingerprint density at radius 3 is 2.82 bits per heavy atom. The maximum absolute atomic E-state index is 10.3. The van der Waals surface area contributed by atoms with Crippen molar-refractivity contribution in [3.63, 3.8) is 0 Å². The van der Waals surface area contributed by atoms with Crippen LogP contribution in [0.4, 0.5) is 0 Å². The smallest absolute Gasteiger partial charge is 0.360 e.